The lowest BCUT2D eigenvalue weighted by molar-refractivity contribution is -0.120. The molecule has 0 radical (unpaired) electrons. The van der Waals surface area contributed by atoms with Gasteiger partial charge in [0, 0.05) is 15.9 Å². The van der Waals surface area contributed by atoms with E-state index < -0.39 is 0 Å². The van der Waals surface area contributed by atoms with Gasteiger partial charge >= 0.3 is 0 Å². The van der Waals surface area contributed by atoms with E-state index in [0.717, 1.165) is 27.2 Å². The standard InChI is InChI=1S/C27H20ClN5O/c28-21-12-14-22(15-13-21)30-32-27(25-16-20-7-2-4-11-24(20)29-25)33-31-26(34)17-19-9-5-8-18-6-1-3-10-23(18)19/h1-16,29H,17H2,(H,31,34)/b32-30?,33-27-. The first-order valence-electron chi connectivity index (χ1n) is 10.7. The summed E-state index contributed by atoms with van der Waals surface area (Å²) in [7, 11) is 0. The third kappa shape index (κ3) is 4.87. The normalized spacial score (nSPS) is 12.0. The zero-order valence-electron chi connectivity index (χ0n) is 18.1. The number of carbonyl (C=O) groups is 1. The summed E-state index contributed by atoms with van der Waals surface area (Å²) in [6.07, 6.45) is 0.194. The van der Waals surface area contributed by atoms with Crippen molar-refractivity contribution >= 4 is 50.7 Å². The highest BCUT2D eigenvalue weighted by atomic mass is 35.5. The van der Waals surface area contributed by atoms with Gasteiger partial charge in [-0.25, -0.2) is 5.43 Å². The Balaban J connectivity index is 1.42. The molecule has 166 valence electrons. The lowest BCUT2D eigenvalue weighted by Gasteiger charge is -2.06. The number of amidine groups is 1. The number of aromatic amines is 1. The Morgan fingerprint density at radius 3 is 2.41 bits per heavy atom. The Morgan fingerprint density at radius 2 is 1.59 bits per heavy atom. The molecule has 0 aliphatic rings. The summed E-state index contributed by atoms with van der Waals surface area (Å²) < 4.78 is 0. The van der Waals surface area contributed by atoms with Crippen molar-refractivity contribution in [2.24, 2.45) is 15.3 Å². The molecule has 5 aromatic rings. The Hall–Kier alpha value is -4.29. The number of azo groups is 1. The average molecular weight is 466 g/mol. The van der Waals surface area contributed by atoms with Gasteiger partial charge in [0.15, 0.2) is 0 Å². The second-order valence-corrected chi connectivity index (χ2v) is 8.17. The number of aromatic nitrogens is 1. The van der Waals surface area contributed by atoms with Gasteiger partial charge < -0.3 is 4.98 Å². The molecular formula is C27H20ClN5O. The summed E-state index contributed by atoms with van der Waals surface area (Å²) in [5.74, 6) is 0.0177. The molecule has 0 unspecified atom stereocenters. The van der Waals surface area contributed by atoms with Crippen LogP contribution in [0.25, 0.3) is 21.7 Å². The number of rotatable bonds is 5. The zero-order valence-corrected chi connectivity index (χ0v) is 18.8. The summed E-state index contributed by atoms with van der Waals surface area (Å²) in [6.45, 7) is 0. The molecule has 0 bridgehead atoms. The van der Waals surface area contributed by atoms with Gasteiger partial charge in [-0.3, -0.25) is 4.79 Å². The number of fused-ring (bicyclic) bond motifs is 2. The summed E-state index contributed by atoms with van der Waals surface area (Å²) in [5, 5.41) is 16.6. The second kappa shape index (κ2) is 9.68. The Kier molecular flexibility index (Phi) is 6.14. The van der Waals surface area contributed by atoms with E-state index in [-0.39, 0.29) is 18.2 Å². The van der Waals surface area contributed by atoms with E-state index in [1.807, 2.05) is 72.8 Å². The number of benzene rings is 4. The molecule has 1 aromatic heterocycles. The Labute approximate surface area is 201 Å². The second-order valence-electron chi connectivity index (χ2n) is 7.73. The van der Waals surface area contributed by atoms with Gasteiger partial charge in [0.05, 0.1) is 17.8 Å². The van der Waals surface area contributed by atoms with Crippen LogP contribution < -0.4 is 5.43 Å². The highest BCUT2D eigenvalue weighted by Crippen LogP contribution is 2.20. The molecule has 0 saturated carbocycles. The summed E-state index contributed by atoms with van der Waals surface area (Å²) in [4.78, 5) is 16.0. The van der Waals surface area contributed by atoms with Crippen LogP contribution in [0.5, 0.6) is 0 Å². The number of nitrogens with zero attached hydrogens (tertiary/aromatic N) is 3. The molecule has 0 saturated heterocycles. The van der Waals surface area contributed by atoms with E-state index in [4.69, 9.17) is 11.6 Å². The minimum absolute atomic E-state index is 0.194. The summed E-state index contributed by atoms with van der Waals surface area (Å²) in [5.41, 5.74) is 5.77. The first-order valence-corrected chi connectivity index (χ1v) is 11.1. The smallest absolute Gasteiger partial charge is 0.244 e. The third-order valence-corrected chi connectivity index (χ3v) is 5.63. The quantitative estimate of drug-likeness (QED) is 0.127. The van der Waals surface area contributed by atoms with Gasteiger partial charge in [-0.15, -0.1) is 15.3 Å². The molecule has 6 nitrogen and oxygen atoms in total. The monoisotopic (exact) mass is 465 g/mol. The third-order valence-electron chi connectivity index (χ3n) is 5.38. The maximum atomic E-state index is 12.8. The maximum absolute atomic E-state index is 12.8. The van der Waals surface area contributed by atoms with E-state index in [2.05, 4.69) is 25.7 Å². The average Bonchev–Trinajstić information content (AvgIpc) is 3.29. The number of nitrogens with one attached hydrogen (secondary N) is 2. The molecule has 1 heterocycles. The van der Waals surface area contributed by atoms with Crippen molar-refractivity contribution in [1.82, 2.24) is 10.4 Å². The Bertz CT molecular complexity index is 1500. The van der Waals surface area contributed by atoms with Crippen LogP contribution >= 0.6 is 11.6 Å². The highest BCUT2D eigenvalue weighted by Gasteiger charge is 2.10. The molecule has 2 N–H and O–H groups in total. The fourth-order valence-electron chi connectivity index (χ4n) is 3.72. The molecule has 5 rings (SSSR count). The number of amides is 1. The van der Waals surface area contributed by atoms with Crippen molar-refractivity contribution in [3.05, 3.63) is 113 Å². The predicted octanol–water partition coefficient (Wildman–Crippen LogP) is 6.78. The molecular weight excluding hydrogens is 446 g/mol. The molecule has 0 spiro atoms. The topological polar surface area (TPSA) is 82.0 Å². The summed E-state index contributed by atoms with van der Waals surface area (Å²) >= 11 is 5.95. The zero-order chi connectivity index (χ0) is 23.3. The minimum Gasteiger partial charge on any atom is -0.352 e. The fourth-order valence-corrected chi connectivity index (χ4v) is 3.84. The van der Waals surface area contributed by atoms with Gasteiger partial charge in [0.2, 0.25) is 11.7 Å². The van der Waals surface area contributed by atoms with Crippen LogP contribution in [0.2, 0.25) is 5.02 Å². The van der Waals surface area contributed by atoms with Crippen LogP contribution in [-0.2, 0) is 11.2 Å². The molecule has 1 amide bonds. The fraction of sp³-hybridized carbons (Fsp3) is 0.0370. The lowest BCUT2D eigenvalue weighted by Crippen LogP contribution is -2.21. The number of hydrogen-bond donors (Lipinski definition) is 2. The number of halogens is 1. The van der Waals surface area contributed by atoms with Crippen LogP contribution in [0, 0.1) is 0 Å². The largest absolute Gasteiger partial charge is 0.352 e. The number of hydrazone groups is 1. The van der Waals surface area contributed by atoms with Crippen molar-refractivity contribution in [2.75, 3.05) is 0 Å². The first kappa shape index (κ1) is 21.6. The van der Waals surface area contributed by atoms with E-state index in [1.54, 1.807) is 24.3 Å². The number of para-hydroxylation sites is 1. The van der Waals surface area contributed by atoms with Crippen LogP contribution in [0.1, 0.15) is 11.3 Å². The number of H-pyrrole nitrogens is 1. The van der Waals surface area contributed by atoms with Crippen LogP contribution in [0.3, 0.4) is 0 Å². The van der Waals surface area contributed by atoms with E-state index in [1.165, 1.54) is 0 Å². The molecule has 0 aliphatic heterocycles. The van der Waals surface area contributed by atoms with Crippen LogP contribution in [-0.4, -0.2) is 16.7 Å². The van der Waals surface area contributed by atoms with Crippen molar-refractivity contribution in [1.29, 1.82) is 0 Å². The van der Waals surface area contributed by atoms with Gasteiger partial charge in [-0.2, -0.15) is 0 Å². The first-order chi connectivity index (χ1) is 16.7. The SMILES string of the molecule is O=C(Cc1cccc2ccccc12)N/N=C(\N=Nc1ccc(Cl)cc1)c1cc2ccccc2[nH]1. The molecule has 34 heavy (non-hydrogen) atoms. The van der Waals surface area contributed by atoms with E-state index in [9.17, 15) is 4.79 Å². The molecule has 0 aliphatic carbocycles. The molecule has 7 heteroatoms. The van der Waals surface area contributed by atoms with Crippen LogP contribution in [0.15, 0.2) is 112 Å². The van der Waals surface area contributed by atoms with Gasteiger partial charge in [0.1, 0.15) is 0 Å². The van der Waals surface area contributed by atoms with Crippen molar-refractivity contribution in [3.8, 4) is 0 Å². The Morgan fingerprint density at radius 1 is 0.853 bits per heavy atom. The molecule has 4 aromatic carbocycles. The van der Waals surface area contributed by atoms with Crippen molar-refractivity contribution in [3.63, 3.8) is 0 Å². The minimum atomic E-state index is -0.244. The lowest BCUT2D eigenvalue weighted by atomic mass is 10.0. The van der Waals surface area contributed by atoms with Crippen molar-refractivity contribution in [2.45, 2.75) is 6.42 Å². The predicted molar refractivity (Wildman–Crippen MR) is 137 cm³/mol. The number of carbonyl (C=O) groups excluding carboxylic acids is 1. The molecule has 0 atom stereocenters. The highest BCUT2D eigenvalue weighted by molar-refractivity contribution is 6.30. The maximum Gasteiger partial charge on any atom is 0.244 e. The summed E-state index contributed by atoms with van der Waals surface area (Å²) in [6, 6.07) is 30.7. The van der Waals surface area contributed by atoms with E-state index in [0.29, 0.717) is 16.4 Å². The van der Waals surface area contributed by atoms with Gasteiger partial charge in [-0.05, 0) is 52.7 Å². The van der Waals surface area contributed by atoms with Gasteiger partial charge in [-0.1, -0.05) is 72.3 Å². The molecule has 0 fully saturated rings. The van der Waals surface area contributed by atoms with E-state index >= 15 is 0 Å². The van der Waals surface area contributed by atoms with Gasteiger partial charge in [0.25, 0.3) is 0 Å². The van der Waals surface area contributed by atoms with Crippen molar-refractivity contribution < 1.29 is 4.79 Å². The van der Waals surface area contributed by atoms with Crippen LogP contribution in [0.4, 0.5) is 5.69 Å². The number of hydrogen-bond acceptors (Lipinski definition) is 3.